The van der Waals surface area contributed by atoms with Crippen LogP contribution in [0.25, 0.3) is 106 Å². The number of aromatic nitrogens is 4. The van der Waals surface area contributed by atoms with Crippen LogP contribution in [0.4, 0.5) is 0 Å². The second-order valence-corrected chi connectivity index (χ2v) is 13.7. The SMILES string of the molecule is [2H]c1c([2H])c([2H])c(-c2ccc3oc4c(-c5nc(-c6ccccc6)nc(-c6cccc(-c7ccccc7)c6)n5)cc(-n5c6ccccc6c6ccccc65)cc4c3c2)c([2H])c1[2H]. The zero-order valence-electron chi connectivity index (χ0n) is 34.8. The quantitative estimate of drug-likeness (QED) is 0.172. The number of hydrogen-bond acceptors (Lipinski definition) is 4. The molecule has 262 valence electrons. The van der Waals surface area contributed by atoms with Gasteiger partial charge in [-0.1, -0.05) is 152 Å². The highest BCUT2D eigenvalue weighted by molar-refractivity contribution is 6.13. The van der Waals surface area contributed by atoms with Crippen molar-refractivity contribution in [1.29, 1.82) is 0 Å². The first-order valence-electron chi connectivity index (χ1n) is 20.9. The van der Waals surface area contributed by atoms with E-state index in [1.165, 1.54) is 0 Å². The Bertz CT molecular complexity index is 3470. The molecule has 0 N–H and O–H groups in total. The smallest absolute Gasteiger partial charge is 0.167 e. The number of benzene rings is 8. The second-order valence-electron chi connectivity index (χ2n) is 13.7. The van der Waals surface area contributed by atoms with Gasteiger partial charge in [0.1, 0.15) is 11.2 Å². The molecule has 3 aromatic heterocycles. The minimum absolute atomic E-state index is 0.119. The van der Waals surface area contributed by atoms with Gasteiger partial charge in [0, 0.05) is 38.4 Å². The average Bonchev–Trinajstić information content (AvgIpc) is 3.86. The van der Waals surface area contributed by atoms with Crippen molar-refractivity contribution in [1.82, 2.24) is 19.5 Å². The van der Waals surface area contributed by atoms with Crippen molar-refractivity contribution < 1.29 is 11.3 Å². The summed E-state index contributed by atoms with van der Waals surface area (Å²) in [6.07, 6.45) is 0. The molecule has 0 aliphatic carbocycles. The van der Waals surface area contributed by atoms with E-state index in [9.17, 15) is 0 Å². The van der Waals surface area contributed by atoms with Gasteiger partial charge in [0.05, 0.1) is 23.5 Å². The number of nitrogens with zero attached hydrogens (tertiary/aromatic N) is 4. The Kier molecular flexibility index (Phi) is 6.29. The van der Waals surface area contributed by atoms with Crippen molar-refractivity contribution in [2.45, 2.75) is 0 Å². The Hall–Kier alpha value is -7.63. The second kappa shape index (κ2) is 13.0. The standard InChI is InChI=1S/C51H32N4O/c1-4-15-33(16-5-1)36-21-14-22-38(29-36)50-52-49(35-19-8-3-9-20-35)53-51(54-50)44-32-39(55-45-25-12-10-23-40(45)41-24-11-13-26-46(41)55)31-43-42-30-37(34-17-6-2-7-18-34)27-28-47(42)56-48(43)44/h1-32H/i2D,6D,7D,17D,18D. The molecule has 56 heavy (non-hydrogen) atoms. The lowest BCUT2D eigenvalue weighted by molar-refractivity contribution is 0.669. The summed E-state index contributed by atoms with van der Waals surface area (Å²) >= 11 is 0. The maximum Gasteiger partial charge on any atom is 0.167 e. The fourth-order valence-electron chi connectivity index (χ4n) is 7.72. The Morgan fingerprint density at radius 3 is 1.73 bits per heavy atom. The van der Waals surface area contributed by atoms with Crippen molar-refractivity contribution >= 4 is 43.7 Å². The molecular weight excluding hydrogens is 685 g/mol. The molecule has 0 spiro atoms. The van der Waals surface area contributed by atoms with Gasteiger partial charge in [-0.15, -0.1) is 0 Å². The van der Waals surface area contributed by atoms with E-state index < -0.39 is 18.1 Å². The summed E-state index contributed by atoms with van der Waals surface area (Å²) in [6.45, 7) is 0. The van der Waals surface area contributed by atoms with Gasteiger partial charge in [0.15, 0.2) is 17.5 Å². The summed E-state index contributed by atoms with van der Waals surface area (Å²) in [6, 6.07) is 52.6. The average molecular weight is 722 g/mol. The molecule has 3 heterocycles. The van der Waals surface area contributed by atoms with Gasteiger partial charge in [0.2, 0.25) is 0 Å². The molecule has 0 amide bonds. The molecule has 0 aliphatic rings. The van der Waals surface area contributed by atoms with Crippen molar-refractivity contribution in [3.05, 3.63) is 194 Å². The third-order valence-corrected chi connectivity index (χ3v) is 10.3. The molecule has 0 saturated heterocycles. The lowest BCUT2D eigenvalue weighted by atomic mass is 10.0. The lowest BCUT2D eigenvalue weighted by Gasteiger charge is -2.13. The van der Waals surface area contributed by atoms with Crippen molar-refractivity contribution in [3.63, 3.8) is 0 Å². The summed E-state index contributed by atoms with van der Waals surface area (Å²) < 4.78 is 51.5. The van der Waals surface area contributed by atoms with E-state index in [0.717, 1.165) is 55.1 Å². The van der Waals surface area contributed by atoms with Crippen molar-refractivity contribution in [3.8, 4) is 62.1 Å². The third-order valence-electron chi connectivity index (χ3n) is 10.3. The van der Waals surface area contributed by atoms with E-state index in [1.807, 2.05) is 91.0 Å². The molecule has 0 unspecified atom stereocenters. The molecule has 8 aromatic carbocycles. The summed E-state index contributed by atoms with van der Waals surface area (Å²) in [5, 5.41) is 3.66. The predicted molar refractivity (Wildman–Crippen MR) is 229 cm³/mol. The fourth-order valence-corrected chi connectivity index (χ4v) is 7.72. The largest absolute Gasteiger partial charge is 0.455 e. The Morgan fingerprint density at radius 1 is 0.411 bits per heavy atom. The Morgan fingerprint density at radius 2 is 1.00 bits per heavy atom. The topological polar surface area (TPSA) is 56.7 Å². The van der Waals surface area contributed by atoms with E-state index in [2.05, 4.69) is 65.2 Å². The van der Waals surface area contributed by atoms with Crippen LogP contribution in [-0.2, 0) is 0 Å². The molecule has 0 aliphatic heterocycles. The highest BCUT2D eigenvalue weighted by Gasteiger charge is 2.22. The van der Waals surface area contributed by atoms with Crippen LogP contribution in [-0.4, -0.2) is 19.5 Å². The van der Waals surface area contributed by atoms with Crippen molar-refractivity contribution in [2.24, 2.45) is 0 Å². The van der Waals surface area contributed by atoms with Crippen molar-refractivity contribution in [2.75, 3.05) is 0 Å². The van der Waals surface area contributed by atoms with Gasteiger partial charge in [-0.05, 0) is 64.7 Å². The molecule has 5 heteroatoms. The molecule has 11 aromatic rings. The minimum Gasteiger partial charge on any atom is -0.455 e. The van der Waals surface area contributed by atoms with Gasteiger partial charge in [-0.3, -0.25) is 0 Å². The predicted octanol–water partition coefficient (Wildman–Crippen LogP) is 13.2. The van der Waals surface area contributed by atoms with E-state index in [1.54, 1.807) is 12.1 Å². The molecule has 0 bridgehead atoms. The van der Waals surface area contributed by atoms with E-state index in [0.29, 0.717) is 45.2 Å². The normalized spacial score (nSPS) is 12.8. The first-order valence-corrected chi connectivity index (χ1v) is 18.4. The first-order chi connectivity index (χ1) is 29.8. The van der Waals surface area contributed by atoms with E-state index in [4.69, 9.17) is 26.2 Å². The van der Waals surface area contributed by atoms with Crippen LogP contribution in [0, 0.1) is 0 Å². The monoisotopic (exact) mass is 721 g/mol. The zero-order chi connectivity index (χ0) is 41.4. The van der Waals surface area contributed by atoms with Gasteiger partial charge in [-0.2, -0.15) is 0 Å². The highest BCUT2D eigenvalue weighted by atomic mass is 16.3. The van der Waals surface area contributed by atoms with Crippen LogP contribution >= 0.6 is 0 Å². The zero-order valence-corrected chi connectivity index (χ0v) is 29.8. The molecule has 0 fully saturated rings. The number of fused-ring (bicyclic) bond motifs is 6. The Balaban J connectivity index is 1.22. The van der Waals surface area contributed by atoms with Crippen LogP contribution < -0.4 is 0 Å². The molecule has 11 rings (SSSR count). The molecule has 0 radical (unpaired) electrons. The molecule has 5 nitrogen and oxygen atoms in total. The number of hydrogen-bond donors (Lipinski definition) is 0. The van der Waals surface area contributed by atoms with Crippen LogP contribution in [0.2, 0.25) is 0 Å². The summed E-state index contributed by atoms with van der Waals surface area (Å²) in [5.74, 6) is 1.41. The van der Waals surface area contributed by atoms with Gasteiger partial charge in [0.25, 0.3) is 0 Å². The molecular formula is C51H32N4O. The molecule has 0 atom stereocenters. The Labute approximate surface area is 329 Å². The van der Waals surface area contributed by atoms with E-state index in [-0.39, 0.29) is 17.6 Å². The number of furan rings is 1. The third kappa shape index (κ3) is 5.37. The van der Waals surface area contributed by atoms with Gasteiger partial charge in [-0.25, -0.2) is 15.0 Å². The lowest BCUT2D eigenvalue weighted by Crippen LogP contribution is -2.01. The van der Waals surface area contributed by atoms with Crippen LogP contribution in [0.3, 0.4) is 0 Å². The maximum atomic E-state index is 8.76. The van der Waals surface area contributed by atoms with Gasteiger partial charge < -0.3 is 8.98 Å². The molecule has 0 saturated carbocycles. The van der Waals surface area contributed by atoms with Crippen LogP contribution in [0.1, 0.15) is 6.85 Å². The maximum absolute atomic E-state index is 8.76. The summed E-state index contributed by atoms with van der Waals surface area (Å²) in [4.78, 5) is 15.4. The summed E-state index contributed by atoms with van der Waals surface area (Å²) in [5.41, 5.74) is 8.95. The number of rotatable bonds is 6. The fraction of sp³-hybridized carbons (Fsp3) is 0. The number of para-hydroxylation sites is 2. The minimum atomic E-state index is -0.438. The van der Waals surface area contributed by atoms with Gasteiger partial charge >= 0.3 is 0 Å². The van der Waals surface area contributed by atoms with E-state index >= 15 is 0 Å². The summed E-state index contributed by atoms with van der Waals surface area (Å²) in [7, 11) is 0. The highest BCUT2D eigenvalue weighted by Crippen LogP contribution is 2.41. The van der Waals surface area contributed by atoms with Crippen LogP contribution in [0.15, 0.2) is 198 Å². The van der Waals surface area contributed by atoms with Crippen LogP contribution in [0.5, 0.6) is 0 Å². The first kappa shape index (κ1) is 27.0.